The van der Waals surface area contributed by atoms with Crippen molar-refractivity contribution in [2.24, 2.45) is 0 Å². The lowest BCUT2D eigenvalue weighted by Crippen LogP contribution is -1.99. The number of pyridine rings is 3. The average molecular weight is 605 g/mol. The van der Waals surface area contributed by atoms with E-state index < -0.39 is 0 Å². The first-order valence-corrected chi connectivity index (χ1v) is 16.2. The van der Waals surface area contributed by atoms with Crippen LogP contribution in [-0.2, 0) is 0 Å². The van der Waals surface area contributed by atoms with Crippen LogP contribution in [0.2, 0.25) is 0 Å². The van der Waals surface area contributed by atoms with Crippen molar-refractivity contribution in [2.75, 3.05) is 0 Å². The predicted molar refractivity (Wildman–Crippen MR) is 193 cm³/mol. The zero-order chi connectivity index (χ0) is 30.2. The maximum Gasteiger partial charge on any atom is 0.0915 e. The molecule has 10 rings (SSSR count). The van der Waals surface area contributed by atoms with Gasteiger partial charge in [0.25, 0.3) is 0 Å². The van der Waals surface area contributed by atoms with Crippen LogP contribution in [0.3, 0.4) is 0 Å². The van der Waals surface area contributed by atoms with Gasteiger partial charge in [0.05, 0.1) is 44.2 Å². The van der Waals surface area contributed by atoms with Crippen LogP contribution in [0.4, 0.5) is 0 Å². The van der Waals surface area contributed by atoms with E-state index in [1.165, 1.54) is 58.0 Å². The monoisotopic (exact) mass is 604 g/mol. The minimum atomic E-state index is 0.808. The molecule has 5 heterocycles. The van der Waals surface area contributed by atoms with Gasteiger partial charge in [-0.3, -0.25) is 9.97 Å². The van der Waals surface area contributed by atoms with Crippen LogP contribution in [-0.4, -0.2) is 19.5 Å². The third-order valence-electron chi connectivity index (χ3n) is 9.06. The molecule has 0 amide bonds. The summed E-state index contributed by atoms with van der Waals surface area (Å²) in [6.07, 6.45) is 3.65. The number of thiophene rings is 1. The van der Waals surface area contributed by atoms with E-state index in [0.29, 0.717) is 0 Å². The Labute approximate surface area is 267 Å². The first kappa shape index (κ1) is 25.4. The van der Waals surface area contributed by atoms with Crippen molar-refractivity contribution in [1.29, 1.82) is 0 Å². The Morgan fingerprint density at radius 3 is 1.78 bits per heavy atom. The van der Waals surface area contributed by atoms with Gasteiger partial charge in [-0.05, 0) is 70.1 Å². The molecule has 0 saturated carbocycles. The highest BCUT2D eigenvalue weighted by Crippen LogP contribution is 2.49. The van der Waals surface area contributed by atoms with Gasteiger partial charge in [0, 0.05) is 38.6 Å². The largest absolute Gasteiger partial charge is 0.308 e. The second kappa shape index (κ2) is 9.80. The van der Waals surface area contributed by atoms with E-state index in [-0.39, 0.29) is 0 Å². The molecule has 0 radical (unpaired) electrons. The third-order valence-corrected chi connectivity index (χ3v) is 10.2. The van der Waals surface area contributed by atoms with E-state index in [0.717, 1.165) is 34.0 Å². The molecule has 0 aliphatic rings. The van der Waals surface area contributed by atoms with Crippen LogP contribution < -0.4 is 0 Å². The molecule has 214 valence electrons. The number of fused-ring (bicyclic) bond motifs is 12. The molecule has 5 heteroatoms. The summed E-state index contributed by atoms with van der Waals surface area (Å²) in [5.74, 6) is 0. The van der Waals surface area contributed by atoms with E-state index in [2.05, 4.69) is 102 Å². The fourth-order valence-corrected chi connectivity index (χ4v) is 8.40. The van der Waals surface area contributed by atoms with Crippen LogP contribution in [0.5, 0.6) is 0 Å². The van der Waals surface area contributed by atoms with Crippen LogP contribution in [0.1, 0.15) is 0 Å². The molecular formula is C41H24N4S. The number of hydrogen-bond acceptors (Lipinski definition) is 4. The van der Waals surface area contributed by atoms with E-state index >= 15 is 0 Å². The van der Waals surface area contributed by atoms with Crippen molar-refractivity contribution in [3.8, 4) is 28.5 Å². The normalized spacial score (nSPS) is 11.9. The quantitative estimate of drug-likeness (QED) is 0.201. The lowest BCUT2D eigenvalue weighted by atomic mass is 9.97. The molecule has 0 fully saturated rings. The van der Waals surface area contributed by atoms with Crippen molar-refractivity contribution in [3.05, 3.63) is 146 Å². The zero-order valence-electron chi connectivity index (χ0n) is 24.6. The Kier molecular flexibility index (Phi) is 5.41. The van der Waals surface area contributed by atoms with Crippen molar-refractivity contribution >= 4 is 74.9 Å². The maximum atomic E-state index is 5.11. The Hall–Kier alpha value is -5.91. The van der Waals surface area contributed by atoms with Gasteiger partial charge in [-0.1, -0.05) is 84.9 Å². The zero-order valence-corrected chi connectivity index (χ0v) is 25.4. The molecule has 0 N–H and O–H groups in total. The SMILES string of the molecule is c1ccc(-c2cc(-n3c4ccc5ccccc5c4c4c5ccccc5c5c6ccccc6sc5c43)cc(-c3ccccn3)n2)nc1. The highest BCUT2D eigenvalue weighted by atomic mass is 32.1. The van der Waals surface area contributed by atoms with Crippen LogP contribution in [0, 0.1) is 0 Å². The fourth-order valence-electron chi connectivity index (χ4n) is 7.14. The third kappa shape index (κ3) is 3.63. The Bertz CT molecular complexity index is 2740. The van der Waals surface area contributed by atoms with Gasteiger partial charge in [-0.15, -0.1) is 11.3 Å². The van der Waals surface area contributed by atoms with Crippen LogP contribution in [0.25, 0.3) is 92.0 Å². The van der Waals surface area contributed by atoms with Gasteiger partial charge in [-0.25, -0.2) is 4.98 Å². The molecule has 0 aliphatic heterocycles. The molecule has 5 aromatic heterocycles. The van der Waals surface area contributed by atoms with Crippen LogP contribution in [0.15, 0.2) is 146 Å². The highest BCUT2D eigenvalue weighted by Gasteiger charge is 2.24. The molecule has 46 heavy (non-hydrogen) atoms. The van der Waals surface area contributed by atoms with E-state index in [9.17, 15) is 0 Å². The summed E-state index contributed by atoms with van der Waals surface area (Å²) in [7, 11) is 0. The fraction of sp³-hybridized carbons (Fsp3) is 0. The van der Waals surface area contributed by atoms with Crippen molar-refractivity contribution in [1.82, 2.24) is 19.5 Å². The maximum absolute atomic E-state index is 5.11. The topological polar surface area (TPSA) is 43.6 Å². The first-order chi connectivity index (χ1) is 22.8. The van der Waals surface area contributed by atoms with Gasteiger partial charge in [0.15, 0.2) is 0 Å². The van der Waals surface area contributed by atoms with E-state index in [4.69, 9.17) is 15.0 Å². The molecule has 0 spiro atoms. The van der Waals surface area contributed by atoms with Gasteiger partial charge in [0.1, 0.15) is 0 Å². The first-order valence-electron chi connectivity index (χ1n) is 15.4. The molecule has 0 bridgehead atoms. The standard InChI is InChI=1S/C41H24N4S/c1-2-12-27-25(11-1)19-20-35-38(27)39-29-14-4-3-13-28(29)37-30-15-5-6-18-36(30)46-41(37)40(39)45(35)26-23-33(31-16-7-9-21-42-31)44-34(24-26)32-17-8-10-22-43-32/h1-24H. The summed E-state index contributed by atoms with van der Waals surface area (Å²) in [6.45, 7) is 0. The van der Waals surface area contributed by atoms with Crippen molar-refractivity contribution < 1.29 is 0 Å². The second-order valence-electron chi connectivity index (χ2n) is 11.6. The molecule has 5 aromatic carbocycles. The Morgan fingerprint density at radius 1 is 0.478 bits per heavy atom. The Balaban J connectivity index is 1.46. The molecular weight excluding hydrogens is 581 g/mol. The number of aromatic nitrogens is 4. The van der Waals surface area contributed by atoms with Gasteiger partial charge < -0.3 is 4.57 Å². The molecule has 4 nitrogen and oxygen atoms in total. The lowest BCUT2D eigenvalue weighted by molar-refractivity contribution is 1.15. The smallest absolute Gasteiger partial charge is 0.0915 e. The van der Waals surface area contributed by atoms with Crippen LogP contribution >= 0.6 is 11.3 Å². The number of benzene rings is 5. The number of nitrogens with zero attached hydrogens (tertiary/aromatic N) is 4. The summed E-state index contributed by atoms with van der Waals surface area (Å²) >= 11 is 1.88. The Morgan fingerprint density at radius 2 is 1.09 bits per heavy atom. The molecule has 0 unspecified atom stereocenters. The van der Waals surface area contributed by atoms with Crippen molar-refractivity contribution in [3.63, 3.8) is 0 Å². The lowest BCUT2D eigenvalue weighted by Gasteiger charge is -2.13. The molecule has 10 aromatic rings. The van der Waals surface area contributed by atoms with Gasteiger partial charge >= 0.3 is 0 Å². The minimum absolute atomic E-state index is 0.808. The molecule has 0 aliphatic carbocycles. The average Bonchev–Trinajstić information content (AvgIpc) is 3.69. The minimum Gasteiger partial charge on any atom is -0.308 e. The summed E-state index contributed by atoms with van der Waals surface area (Å²) in [5.41, 5.74) is 6.67. The summed E-state index contributed by atoms with van der Waals surface area (Å²) in [6, 6.07) is 47.3. The highest BCUT2D eigenvalue weighted by molar-refractivity contribution is 7.27. The second-order valence-corrected chi connectivity index (χ2v) is 12.7. The van der Waals surface area contributed by atoms with Gasteiger partial charge in [0.2, 0.25) is 0 Å². The number of hydrogen-bond donors (Lipinski definition) is 0. The van der Waals surface area contributed by atoms with E-state index in [1.807, 2.05) is 60.1 Å². The summed E-state index contributed by atoms with van der Waals surface area (Å²) < 4.78 is 5.03. The number of rotatable bonds is 3. The van der Waals surface area contributed by atoms with Crippen molar-refractivity contribution in [2.45, 2.75) is 0 Å². The van der Waals surface area contributed by atoms with Gasteiger partial charge in [-0.2, -0.15) is 0 Å². The molecule has 0 atom stereocenters. The predicted octanol–water partition coefficient (Wildman–Crippen LogP) is 11.0. The summed E-state index contributed by atoms with van der Waals surface area (Å²) in [4.78, 5) is 14.5. The van der Waals surface area contributed by atoms with E-state index in [1.54, 1.807) is 0 Å². The summed E-state index contributed by atoms with van der Waals surface area (Å²) in [5, 5.41) is 10.2. The molecule has 0 saturated heterocycles.